The predicted molar refractivity (Wildman–Crippen MR) is 134 cm³/mol. The third-order valence-corrected chi connectivity index (χ3v) is 5.70. The molecule has 0 aliphatic carbocycles. The molecule has 0 aliphatic heterocycles. The number of nitrogens with one attached hydrogen (secondary N) is 2. The van der Waals surface area contributed by atoms with Crippen molar-refractivity contribution >= 4 is 38.8 Å². The Kier molecular flexibility index (Phi) is 6.94. The maximum Gasteiger partial charge on any atom is 0.329 e. The number of hydrazone groups is 1. The monoisotopic (exact) mass is 526 g/mol. The Morgan fingerprint density at radius 2 is 1.91 bits per heavy atom. The van der Waals surface area contributed by atoms with Crippen molar-refractivity contribution in [3.8, 4) is 5.75 Å². The number of rotatable bonds is 8. The molecule has 0 fully saturated rings. The zero-order valence-electron chi connectivity index (χ0n) is 18.5. The molecular formula is C23H23BrN6O4. The summed E-state index contributed by atoms with van der Waals surface area (Å²) in [5.74, 6) is 0.822. The first-order valence-corrected chi connectivity index (χ1v) is 11.2. The van der Waals surface area contributed by atoms with E-state index in [4.69, 9.17) is 4.74 Å². The summed E-state index contributed by atoms with van der Waals surface area (Å²) in [5.41, 5.74) is 3.56. The van der Waals surface area contributed by atoms with Crippen molar-refractivity contribution in [3.05, 3.63) is 85.5 Å². The van der Waals surface area contributed by atoms with Crippen molar-refractivity contribution in [2.24, 2.45) is 12.1 Å². The van der Waals surface area contributed by atoms with Gasteiger partial charge in [0.25, 0.3) is 5.56 Å². The number of aromatic amines is 1. The minimum Gasteiger partial charge on any atom is -0.491 e. The molecule has 0 radical (unpaired) electrons. The fourth-order valence-corrected chi connectivity index (χ4v) is 3.62. The number of aliphatic hydroxyl groups excluding tert-OH is 1. The summed E-state index contributed by atoms with van der Waals surface area (Å²) >= 11 is 3.41. The second kappa shape index (κ2) is 10.1. The third-order valence-electron chi connectivity index (χ3n) is 5.17. The largest absolute Gasteiger partial charge is 0.491 e. The average Bonchev–Trinajstić information content (AvgIpc) is 3.19. The maximum atomic E-state index is 12.6. The van der Waals surface area contributed by atoms with Crippen LogP contribution in [0.3, 0.4) is 0 Å². The smallest absolute Gasteiger partial charge is 0.329 e. The number of anilines is 1. The standard InChI is InChI=1S/C23H23BrN6O4/c1-14(15-8-10-16(24)11-9-15)27-28-22-25-20-19(21(32)26-23(33)29(20)2)30(22)12-17(31)13-34-18-6-4-3-5-7-18/h3-11,17,31H,12-13H2,1-2H3,(H,25,28)(H,26,32,33)/b27-14-/t17-/m0/s1. The van der Waals surface area contributed by atoms with E-state index < -0.39 is 17.4 Å². The fourth-order valence-electron chi connectivity index (χ4n) is 3.36. The molecule has 4 rings (SSSR count). The SMILES string of the molecule is C/C(=N/Nc1nc2c(c(=O)[nH]c(=O)n2C)n1C[C@H](O)COc1ccccc1)c1ccc(Br)cc1. The Morgan fingerprint density at radius 1 is 1.21 bits per heavy atom. The van der Waals surface area contributed by atoms with Crippen LogP contribution in [0.25, 0.3) is 11.2 Å². The van der Waals surface area contributed by atoms with E-state index in [1.165, 1.54) is 16.2 Å². The van der Waals surface area contributed by atoms with Gasteiger partial charge in [-0.1, -0.05) is 46.3 Å². The van der Waals surface area contributed by atoms with Crippen LogP contribution in [-0.2, 0) is 13.6 Å². The predicted octanol–water partition coefficient (Wildman–Crippen LogP) is 2.46. The van der Waals surface area contributed by atoms with Gasteiger partial charge in [0.1, 0.15) is 18.5 Å². The maximum absolute atomic E-state index is 12.6. The molecule has 0 bridgehead atoms. The highest BCUT2D eigenvalue weighted by Crippen LogP contribution is 2.18. The van der Waals surface area contributed by atoms with E-state index in [0.29, 0.717) is 11.5 Å². The highest BCUT2D eigenvalue weighted by atomic mass is 79.9. The summed E-state index contributed by atoms with van der Waals surface area (Å²) < 4.78 is 9.30. The number of para-hydroxylation sites is 1. The first kappa shape index (κ1) is 23.5. The van der Waals surface area contributed by atoms with Gasteiger partial charge in [-0.05, 0) is 36.8 Å². The number of ether oxygens (including phenoxy) is 1. The zero-order chi connectivity index (χ0) is 24.2. The number of aliphatic hydroxyl groups is 1. The Balaban J connectivity index is 1.65. The van der Waals surface area contributed by atoms with Crippen molar-refractivity contribution < 1.29 is 9.84 Å². The summed E-state index contributed by atoms with van der Waals surface area (Å²) in [5, 5.41) is 15.0. The number of hydrogen-bond acceptors (Lipinski definition) is 7. The van der Waals surface area contributed by atoms with Crippen molar-refractivity contribution in [2.75, 3.05) is 12.0 Å². The molecular weight excluding hydrogens is 504 g/mol. The first-order valence-electron chi connectivity index (χ1n) is 10.4. The molecule has 4 aromatic rings. The van der Waals surface area contributed by atoms with Crippen molar-refractivity contribution in [1.29, 1.82) is 0 Å². The minimum atomic E-state index is -0.966. The molecule has 176 valence electrons. The molecule has 0 saturated carbocycles. The van der Waals surface area contributed by atoms with E-state index in [9.17, 15) is 14.7 Å². The van der Waals surface area contributed by atoms with E-state index in [1.807, 2.05) is 49.4 Å². The van der Waals surface area contributed by atoms with E-state index in [0.717, 1.165) is 10.0 Å². The molecule has 2 aromatic carbocycles. The second-order valence-electron chi connectivity index (χ2n) is 7.63. The number of aromatic nitrogens is 4. The van der Waals surface area contributed by atoms with Gasteiger partial charge >= 0.3 is 5.69 Å². The van der Waals surface area contributed by atoms with Crippen molar-refractivity contribution in [1.82, 2.24) is 19.1 Å². The number of aryl methyl sites for hydroxylation is 1. The van der Waals surface area contributed by atoms with Crippen LogP contribution in [0.2, 0.25) is 0 Å². The zero-order valence-corrected chi connectivity index (χ0v) is 20.1. The molecule has 0 spiro atoms. The average molecular weight is 527 g/mol. The molecule has 34 heavy (non-hydrogen) atoms. The Bertz CT molecular complexity index is 1440. The van der Waals surface area contributed by atoms with Gasteiger partial charge in [-0.2, -0.15) is 10.1 Å². The van der Waals surface area contributed by atoms with Crippen LogP contribution in [0.15, 0.2) is 73.8 Å². The molecule has 2 aromatic heterocycles. The molecule has 2 heterocycles. The summed E-state index contributed by atoms with van der Waals surface area (Å²) in [7, 11) is 1.51. The summed E-state index contributed by atoms with van der Waals surface area (Å²) in [6.45, 7) is 1.81. The topological polar surface area (TPSA) is 127 Å². The second-order valence-corrected chi connectivity index (χ2v) is 8.55. The molecule has 10 nitrogen and oxygen atoms in total. The molecule has 0 amide bonds. The molecule has 1 atom stereocenters. The lowest BCUT2D eigenvalue weighted by Crippen LogP contribution is -2.30. The number of benzene rings is 2. The Hall–Kier alpha value is -3.70. The van der Waals surface area contributed by atoms with Gasteiger partial charge in [-0.15, -0.1) is 0 Å². The first-order chi connectivity index (χ1) is 16.3. The van der Waals surface area contributed by atoms with Crippen LogP contribution >= 0.6 is 15.9 Å². The van der Waals surface area contributed by atoms with Gasteiger partial charge in [-0.3, -0.25) is 14.3 Å². The van der Waals surface area contributed by atoms with Gasteiger partial charge < -0.3 is 14.4 Å². The van der Waals surface area contributed by atoms with Crippen LogP contribution in [0.4, 0.5) is 5.95 Å². The highest BCUT2D eigenvalue weighted by Gasteiger charge is 2.20. The number of fused-ring (bicyclic) bond motifs is 1. The summed E-state index contributed by atoms with van der Waals surface area (Å²) in [6, 6.07) is 16.7. The number of halogens is 1. The highest BCUT2D eigenvalue weighted by molar-refractivity contribution is 9.10. The molecule has 11 heteroatoms. The molecule has 0 unspecified atom stereocenters. The van der Waals surface area contributed by atoms with Crippen LogP contribution in [0.5, 0.6) is 5.75 Å². The molecule has 0 saturated heterocycles. The molecule has 3 N–H and O–H groups in total. The van der Waals surface area contributed by atoms with Gasteiger partial charge in [0.15, 0.2) is 11.2 Å². The van der Waals surface area contributed by atoms with Gasteiger partial charge in [0.2, 0.25) is 5.95 Å². The fraction of sp³-hybridized carbons (Fsp3) is 0.217. The number of nitrogens with zero attached hydrogens (tertiary/aromatic N) is 4. The number of hydrogen-bond donors (Lipinski definition) is 3. The van der Waals surface area contributed by atoms with E-state index in [2.05, 4.69) is 36.4 Å². The lowest BCUT2D eigenvalue weighted by molar-refractivity contribution is 0.0938. The number of H-pyrrole nitrogens is 1. The van der Waals surface area contributed by atoms with Crippen LogP contribution in [-0.4, -0.2) is 42.6 Å². The Labute approximate surface area is 202 Å². The minimum absolute atomic E-state index is 0.00597. The quantitative estimate of drug-likeness (QED) is 0.239. The summed E-state index contributed by atoms with van der Waals surface area (Å²) in [4.78, 5) is 31.4. The van der Waals surface area contributed by atoms with Crippen LogP contribution in [0, 0.1) is 0 Å². The lowest BCUT2D eigenvalue weighted by atomic mass is 10.1. The van der Waals surface area contributed by atoms with E-state index in [-0.39, 0.29) is 30.3 Å². The van der Waals surface area contributed by atoms with Crippen LogP contribution < -0.4 is 21.4 Å². The Morgan fingerprint density at radius 3 is 2.62 bits per heavy atom. The van der Waals surface area contributed by atoms with Crippen molar-refractivity contribution in [2.45, 2.75) is 19.6 Å². The van der Waals surface area contributed by atoms with Gasteiger partial charge in [-0.25, -0.2) is 10.2 Å². The lowest BCUT2D eigenvalue weighted by Gasteiger charge is -2.15. The van der Waals surface area contributed by atoms with Gasteiger partial charge in [0, 0.05) is 11.5 Å². The van der Waals surface area contributed by atoms with Gasteiger partial charge in [0.05, 0.1) is 12.3 Å². The summed E-state index contributed by atoms with van der Waals surface area (Å²) in [6.07, 6.45) is -0.966. The van der Waals surface area contributed by atoms with Crippen molar-refractivity contribution in [3.63, 3.8) is 0 Å². The van der Waals surface area contributed by atoms with E-state index in [1.54, 1.807) is 12.1 Å². The third kappa shape index (κ3) is 5.10. The normalized spacial score (nSPS) is 12.6. The van der Waals surface area contributed by atoms with Crippen LogP contribution in [0.1, 0.15) is 12.5 Å². The molecule has 0 aliphatic rings. The van der Waals surface area contributed by atoms with E-state index >= 15 is 0 Å². The number of imidazole rings is 1.